The van der Waals surface area contributed by atoms with Crippen molar-refractivity contribution in [2.75, 3.05) is 0 Å². The summed E-state index contributed by atoms with van der Waals surface area (Å²) in [5.41, 5.74) is 3.54. The maximum Gasteiger partial charge on any atom is 0.161 e. The molecule has 0 saturated heterocycles. The van der Waals surface area contributed by atoms with E-state index in [-0.39, 0.29) is 23.0 Å². The fourth-order valence-electron chi connectivity index (χ4n) is 3.30. The van der Waals surface area contributed by atoms with Crippen LogP contribution in [0.15, 0.2) is 22.5 Å². The largest absolute Gasteiger partial charge is 0.361 e. The summed E-state index contributed by atoms with van der Waals surface area (Å²) in [4.78, 5) is 12.5. The summed E-state index contributed by atoms with van der Waals surface area (Å²) in [6, 6.07) is 2.29. The highest BCUT2D eigenvalue weighted by atomic mass is 16.1. The van der Waals surface area contributed by atoms with E-state index in [1.807, 2.05) is 6.92 Å². The van der Waals surface area contributed by atoms with Crippen molar-refractivity contribution in [2.24, 2.45) is 17.3 Å². The zero-order chi connectivity index (χ0) is 14.4. The lowest BCUT2D eigenvalue weighted by Gasteiger charge is -2.39. The number of hydrogen-bond donors (Lipinski definition) is 1. The molecule has 102 valence electrons. The minimum absolute atomic E-state index is 0.00880. The average molecular weight is 258 g/mol. The van der Waals surface area contributed by atoms with Crippen LogP contribution in [0.25, 0.3) is 0 Å². The minimum atomic E-state index is -0.0372. The van der Waals surface area contributed by atoms with Crippen LogP contribution in [0.3, 0.4) is 0 Å². The number of allylic oxidation sites excluding steroid dienone is 4. The second-order valence-corrected chi connectivity index (χ2v) is 6.83. The molecule has 1 aliphatic heterocycles. The first-order chi connectivity index (χ1) is 8.76. The lowest BCUT2D eigenvalue weighted by Crippen LogP contribution is -2.39. The molecule has 3 heteroatoms. The van der Waals surface area contributed by atoms with Gasteiger partial charge in [0.1, 0.15) is 0 Å². The van der Waals surface area contributed by atoms with E-state index < -0.39 is 0 Å². The zero-order valence-electron chi connectivity index (χ0n) is 12.4. The number of carbonyl (C=O) groups excluding carboxylic acids is 1. The maximum absolute atomic E-state index is 12.5. The van der Waals surface area contributed by atoms with Crippen molar-refractivity contribution >= 4 is 5.78 Å². The molecule has 1 N–H and O–H groups in total. The van der Waals surface area contributed by atoms with Gasteiger partial charge in [-0.15, -0.1) is 0 Å². The summed E-state index contributed by atoms with van der Waals surface area (Å²) in [6.45, 7) is 10.3. The Morgan fingerprint density at radius 1 is 1.37 bits per heavy atom. The molecule has 0 radical (unpaired) electrons. The number of Topliss-reactive ketones (excluding diaryl/α,β-unsaturated/α-hetero) is 1. The van der Waals surface area contributed by atoms with Crippen molar-refractivity contribution in [3.05, 3.63) is 22.5 Å². The smallest absolute Gasteiger partial charge is 0.161 e. The Kier molecular flexibility index (Phi) is 3.30. The third-order valence-electron chi connectivity index (χ3n) is 4.07. The zero-order valence-corrected chi connectivity index (χ0v) is 12.4. The Bertz CT molecular complexity index is 529. The number of carbonyl (C=O) groups is 1. The van der Waals surface area contributed by atoms with E-state index in [1.165, 1.54) is 0 Å². The summed E-state index contributed by atoms with van der Waals surface area (Å²) >= 11 is 0. The normalized spacial score (nSPS) is 26.2. The number of nitrogens with zero attached hydrogens (tertiary/aromatic N) is 1. The van der Waals surface area contributed by atoms with Gasteiger partial charge in [-0.05, 0) is 24.7 Å². The van der Waals surface area contributed by atoms with E-state index in [0.717, 1.165) is 29.0 Å². The van der Waals surface area contributed by atoms with Gasteiger partial charge in [0, 0.05) is 29.3 Å². The number of ketones is 1. The number of rotatable bonds is 1. The summed E-state index contributed by atoms with van der Waals surface area (Å²) in [7, 11) is 0. The topological polar surface area (TPSA) is 52.9 Å². The molecular formula is C16H22N2O. The molecule has 1 aliphatic carbocycles. The molecule has 1 heterocycles. The molecule has 2 aliphatic rings. The van der Waals surface area contributed by atoms with Crippen LogP contribution in [-0.4, -0.2) is 5.78 Å². The number of nitriles is 1. The van der Waals surface area contributed by atoms with Crippen LogP contribution in [0, 0.1) is 28.6 Å². The number of nitrogens with one attached hydrogen (secondary N) is 1. The van der Waals surface area contributed by atoms with Crippen LogP contribution in [0.4, 0.5) is 0 Å². The van der Waals surface area contributed by atoms with Crippen molar-refractivity contribution in [3.63, 3.8) is 0 Å². The average Bonchev–Trinajstić information content (AvgIpc) is 2.24. The van der Waals surface area contributed by atoms with Gasteiger partial charge >= 0.3 is 0 Å². The van der Waals surface area contributed by atoms with Crippen LogP contribution >= 0.6 is 0 Å². The van der Waals surface area contributed by atoms with Gasteiger partial charge in [0.15, 0.2) is 5.78 Å². The highest BCUT2D eigenvalue weighted by Gasteiger charge is 2.41. The summed E-state index contributed by atoms with van der Waals surface area (Å²) < 4.78 is 0. The fourth-order valence-corrected chi connectivity index (χ4v) is 3.30. The lowest BCUT2D eigenvalue weighted by molar-refractivity contribution is -0.118. The van der Waals surface area contributed by atoms with E-state index >= 15 is 0 Å². The monoisotopic (exact) mass is 258 g/mol. The second-order valence-electron chi connectivity index (χ2n) is 6.83. The molecule has 3 nitrogen and oxygen atoms in total. The van der Waals surface area contributed by atoms with Gasteiger partial charge in [-0.3, -0.25) is 4.79 Å². The molecule has 19 heavy (non-hydrogen) atoms. The van der Waals surface area contributed by atoms with Crippen molar-refractivity contribution in [2.45, 2.75) is 47.5 Å². The quantitative estimate of drug-likeness (QED) is 0.785. The van der Waals surface area contributed by atoms with Gasteiger partial charge in [0.2, 0.25) is 0 Å². The van der Waals surface area contributed by atoms with Gasteiger partial charge in [-0.25, -0.2) is 0 Å². The van der Waals surface area contributed by atoms with Crippen molar-refractivity contribution < 1.29 is 4.79 Å². The molecule has 0 aromatic carbocycles. The Hall–Kier alpha value is -1.56. The molecule has 2 rings (SSSR count). The Morgan fingerprint density at radius 2 is 2.00 bits per heavy atom. The van der Waals surface area contributed by atoms with E-state index in [4.69, 9.17) is 0 Å². The van der Waals surface area contributed by atoms with E-state index in [2.05, 4.69) is 39.1 Å². The summed E-state index contributed by atoms with van der Waals surface area (Å²) in [5.74, 6) is 0.435. The SMILES string of the molecule is CC1=C(C#N)[C@H](C(C)C)C2=C(CC(C)(C)CC2=O)N1. The third kappa shape index (κ3) is 2.32. The van der Waals surface area contributed by atoms with Crippen molar-refractivity contribution in [1.82, 2.24) is 5.32 Å². The summed E-state index contributed by atoms with van der Waals surface area (Å²) in [6.07, 6.45) is 1.46. The molecule has 0 unspecified atom stereocenters. The second kappa shape index (κ2) is 4.52. The standard InChI is InChI=1S/C16H22N2O/c1-9(2)14-11(8-17)10(3)18-12-6-16(4,5)7-13(19)15(12)14/h9,14,18H,6-7H2,1-5H3/t14-/m0/s1. The molecule has 0 aromatic heterocycles. The summed E-state index contributed by atoms with van der Waals surface area (Å²) in [5, 5.41) is 12.7. The number of hydrogen-bond acceptors (Lipinski definition) is 3. The van der Waals surface area contributed by atoms with Gasteiger partial charge in [-0.2, -0.15) is 5.26 Å². The molecule has 0 bridgehead atoms. The molecule has 0 saturated carbocycles. The predicted octanol–water partition coefficient (Wildman–Crippen LogP) is 3.30. The van der Waals surface area contributed by atoms with Crippen molar-refractivity contribution in [3.8, 4) is 6.07 Å². The maximum atomic E-state index is 12.5. The van der Waals surface area contributed by atoms with Crippen LogP contribution in [0.2, 0.25) is 0 Å². The van der Waals surface area contributed by atoms with E-state index in [9.17, 15) is 10.1 Å². The first-order valence-electron chi connectivity index (χ1n) is 6.91. The predicted molar refractivity (Wildman–Crippen MR) is 74.8 cm³/mol. The molecule has 0 spiro atoms. The third-order valence-corrected chi connectivity index (χ3v) is 4.07. The molecule has 1 atom stereocenters. The first kappa shape index (κ1) is 13.9. The molecule has 0 fully saturated rings. The highest BCUT2D eigenvalue weighted by molar-refractivity contribution is 5.99. The Morgan fingerprint density at radius 3 is 2.53 bits per heavy atom. The lowest BCUT2D eigenvalue weighted by atomic mass is 9.68. The Balaban J connectivity index is 2.54. The highest BCUT2D eigenvalue weighted by Crippen LogP contribution is 2.44. The first-order valence-corrected chi connectivity index (χ1v) is 6.91. The van der Waals surface area contributed by atoms with Crippen LogP contribution in [0.1, 0.15) is 47.5 Å². The Labute approximate surface area is 115 Å². The molecule has 0 aromatic rings. The van der Waals surface area contributed by atoms with Gasteiger partial charge in [0.05, 0.1) is 11.6 Å². The van der Waals surface area contributed by atoms with Crippen LogP contribution < -0.4 is 5.32 Å². The van der Waals surface area contributed by atoms with Crippen LogP contribution in [0.5, 0.6) is 0 Å². The van der Waals surface area contributed by atoms with E-state index in [0.29, 0.717) is 6.42 Å². The van der Waals surface area contributed by atoms with Gasteiger partial charge in [-0.1, -0.05) is 27.7 Å². The van der Waals surface area contributed by atoms with E-state index in [1.54, 1.807) is 0 Å². The molecule has 0 amide bonds. The van der Waals surface area contributed by atoms with Crippen LogP contribution in [-0.2, 0) is 4.79 Å². The minimum Gasteiger partial charge on any atom is -0.361 e. The number of dihydropyridines is 1. The van der Waals surface area contributed by atoms with Gasteiger partial charge < -0.3 is 5.32 Å². The van der Waals surface area contributed by atoms with Gasteiger partial charge in [0.25, 0.3) is 0 Å². The van der Waals surface area contributed by atoms with Crippen molar-refractivity contribution in [1.29, 1.82) is 5.26 Å². The molecular weight excluding hydrogens is 236 g/mol. The fraction of sp³-hybridized carbons (Fsp3) is 0.625.